The average molecular weight is 313 g/mol. The number of likely N-dealkylation sites (N-methyl/N-ethyl adjacent to an activating group) is 1. The molecule has 0 fully saturated rings. The van der Waals surface area contributed by atoms with Gasteiger partial charge in [-0.15, -0.1) is 0 Å². The predicted octanol–water partition coefficient (Wildman–Crippen LogP) is -3.25. The molecule has 0 spiro atoms. The molecule has 0 amide bonds. The van der Waals surface area contributed by atoms with Crippen LogP contribution in [0.3, 0.4) is 0 Å². The SMILES string of the molecule is CN(CC(=O)O)C(=N)N.O.O.O=C(O)CCC(=O)C(=O)O. The second-order valence-corrected chi connectivity index (χ2v) is 3.26. The molecule has 124 valence electrons. The summed E-state index contributed by atoms with van der Waals surface area (Å²) in [4.78, 5) is 40.8. The predicted molar refractivity (Wildman–Crippen MR) is 68.9 cm³/mol. The van der Waals surface area contributed by atoms with Crippen molar-refractivity contribution in [1.29, 1.82) is 5.41 Å². The second kappa shape index (κ2) is 13.7. The van der Waals surface area contributed by atoms with Gasteiger partial charge in [-0.05, 0) is 0 Å². The second-order valence-electron chi connectivity index (χ2n) is 3.26. The lowest BCUT2D eigenvalue weighted by Gasteiger charge is -2.12. The van der Waals surface area contributed by atoms with E-state index in [1.54, 1.807) is 0 Å². The molecule has 0 heterocycles. The Morgan fingerprint density at radius 2 is 1.43 bits per heavy atom. The third kappa shape index (κ3) is 19.8. The molecule has 12 nitrogen and oxygen atoms in total. The zero-order chi connectivity index (χ0) is 15.6. The van der Waals surface area contributed by atoms with Crippen LogP contribution in [0, 0.1) is 5.41 Å². The quantitative estimate of drug-likeness (QED) is 0.187. The molecule has 0 radical (unpaired) electrons. The minimum absolute atomic E-state index is 0. The first kappa shape index (κ1) is 26.8. The van der Waals surface area contributed by atoms with Crippen LogP contribution in [0.5, 0.6) is 0 Å². The summed E-state index contributed by atoms with van der Waals surface area (Å²) in [6, 6.07) is 0. The Kier molecular flexibility index (Phi) is 17.5. The third-order valence-corrected chi connectivity index (χ3v) is 1.59. The van der Waals surface area contributed by atoms with Gasteiger partial charge in [0.1, 0.15) is 6.54 Å². The number of hydrogen-bond donors (Lipinski definition) is 5. The number of hydrogen-bond acceptors (Lipinski definition) is 5. The Morgan fingerprint density at radius 1 is 1.00 bits per heavy atom. The number of nitrogens with two attached hydrogens (primary N) is 1. The van der Waals surface area contributed by atoms with Gasteiger partial charge in [0.2, 0.25) is 5.78 Å². The van der Waals surface area contributed by atoms with Crippen LogP contribution in [-0.2, 0) is 19.2 Å². The largest absolute Gasteiger partial charge is 0.481 e. The van der Waals surface area contributed by atoms with E-state index in [9.17, 15) is 19.2 Å². The number of carbonyl (C=O) groups is 4. The summed E-state index contributed by atoms with van der Waals surface area (Å²) in [6.07, 6.45) is -0.865. The maximum atomic E-state index is 10.2. The standard InChI is InChI=1S/C5H6O5.C4H9N3O2.2H2O/c6-3(5(9)10)1-2-4(7)8;1-7(4(5)6)2-3(8)9;;/h1-2H2,(H,7,8)(H,9,10);2H2,1H3,(H3,5,6)(H,8,9);2*1H2. The number of Topliss-reactive ketones (excluding diaryl/α,β-unsaturated/α-hetero) is 1. The molecule has 0 aliphatic carbocycles. The van der Waals surface area contributed by atoms with Gasteiger partial charge in [0.25, 0.3) is 0 Å². The number of guanidine groups is 1. The first-order valence-corrected chi connectivity index (χ1v) is 4.82. The zero-order valence-electron chi connectivity index (χ0n) is 11.1. The summed E-state index contributed by atoms with van der Waals surface area (Å²) >= 11 is 0. The van der Waals surface area contributed by atoms with Crippen LogP contribution in [0.25, 0.3) is 0 Å². The lowest BCUT2D eigenvalue weighted by atomic mass is 10.2. The van der Waals surface area contributed by atoms with Crippen LogP contribution in [0.1, 0.15) is 12.8 Å². The van der Waals surface area contributed by atoms with Gasteiger partial charge in [-0.25, -0.2) is 4.79 Å². The molecule has 10 N–H and O–H groups in total. The Balaban J connectivity index is -0.000000126. The lowest BCUT2D eigenvalue weighted by Crippen LogP contribution is -2.36. The van der Waals surface area contributed by atoms with Crippen molar-refractivity contribution in [3.63, 3.8) is 0 Å². The summed E-state index contributed by atoms with van der Waals surface area (Å²) < 4.78 is 0. The summed E-state index contributed by atoms with van der Waals surface area (Å²) in [5, 5.41) is 30.8. The Morgan fingerprint density at radius 3 is 1.62 bits per heavy atom. The monoisotopic (exact) mass is 313 g/mol. The molecule has 21 heavy (non-hydrogen) atoms. The van der Waals surface area contributed by atoms with Crippen LogP contribution in [0.2, 0.25) is 0 Å². The van der Waals surface area contributed by atoms with Gasteiger partial charge in [-0.2, -0.15) is 0 Å². The highest BCUT2D eigenvalue weighted by Crippen LogP contribution is 1.90. The van der Waals surface area contributed by atoms with E-state index >= 15 is 0 Å². The highest BCUT2D eigenvalue weighted by molar-refractivity contribution is 6.32. The van der Waals surface area contributed by atoms with Crippen molar-refractivity contribution in [2.24, 2.45) is 5.73 Å². The number of nitrogens with zero attached hydrogens (tertiary/aromatic N) is 1. The molecule has 0 aromatic carbocycles. The number of ketones is 1. The molecule has 0 saturated carbocycles. The number of carboxylic acids is 3. The summed E-state index contributed by atoms with van der Waals surface area (Å²) in [5.74, 6) is -5.05. The normalized spacial score (nSPS) is 7.86. The average Bonchev–Trinajstić information content (AvgIpc) is 2.25. The first-order valence-electron chi connectivity index (χ1n) is 4.82. The fraction of sp³-hybridized carbons (Fsp3) is 0.444. The third-order valence-electron chi connectivity index (χ3n) is 1.59. The maximum absolute atomic E-state index is 10.2. The molecular formula is C9H19N3O9. The molecule has 12 heteroatoms. The minimum atomic E-state index is -1.58. The lowest BCUT2D eigenvalue weighted by molar-refractivity contribution is -0.149. The van der Waals surface area contributed by atoms with Crippen LogP contribution in [0.4, 0.5) is 0 Å². The topological polar surface area (TPSA) is 245 Å². The Labute approximate surface area is 118 Å². The Hall–Kier alpha value is -2.73. The van der Waals surface area contributed by atoms with E-state index in [2.05, 4.69) is 0 Å². The van der Waals surface area contributed by atoms with Crippen LogP contribution in [-0.4, -0.2) is 74.4 Å². The molecule has 0 bridgehead atoms. The molecule has 0 atom stereocenters. The molecular weight excluding hydrogens is 294 g/mol. The van der Waals surface area contributed by atoms with E-state index in [0.29, 0.717) is 0 Å². The molecule has 0 unspecified atom stereocenters. The van der Waals surface area contributed by atoms with E-state index in [-0.39, 0.29) is 23.5 Å². The zero-order valence-corrected chi connectivity index (χ0v) is 11.1. The van der Waals surface area contributed by atoms with Gasteiger partial charge in [-0.1, -0.05) is 0 Å². The van der Waals surface area contributed by atoms with Crippen molar-refractivity contribution in [1.82, 2.24) is 4.90 Å². The van der Waals surface area contributed by atoms with Gasteiger partial charge in [0, 0.05) is 13.5 Å². The Bertz CT molecular complexity index is 383. The molecule has 0 aromatic rings. The van der Waals surface area contributed by atoms with Crippen molar-refractivity contribution in [2.45, 2.75) is 12.8 Å². The molecule has 0 aliphatic rings. The van der Waals surface area contributed by atoms with E-state index in [0.717, 1.165) is 4.90 Å². The van der Waals surface area contributed by atoms with Gasteiger partial charge >= 0.3 is 17.9 Å². The van der Waals surface area contributed by atoms with Crippen molar-refractivity contribution in [3.05, 3.63) is 0 Å². The summed E-state index contributed by atoms with van der Waals surface area (Å²) in [5.41, 5.74) is 4.93. The molecule has 0 aromatic heterocycles. The first-order chi connectivity index (χ1) is 8.57. The number of carbonyl (C=O) groups excluding carboxylic acids is 1. The van der Waals surface area contributed by atoms with Gasteiger partial charge in [0.05, 0.1) is 6.42 Å². The van der Waals surface area contributed by atoms with Crippen molar-refractivity contribution < 1.29 is 45.5 Å². The number of nitrogens with one attached hydrogen (secondary N) is 1. The molecule has 0 aliphatic heterocycles. The number of aliphatic carboxylic acids is 3. The van der Waals surface area contributed by atoms with Gasteiger partial charge < -0.3 is 36.9 Å². The highest BCUT2D eigenvalue weighted by atomic mass is 16.4. The van der Waals surface area contributed by atoms with Crippen LogP contribution in [0.15, 0.2) is 0 Å². The van der Waals surface area contributed by atoms with E-state index in [1.165, 1.54) is 7.05 Å². The van der Waals surface area contributed by atoms with Crippen LogP contribution >= 0.6 is 0 Å². The smallest absolute Gasteiger partial charge is 0.372 e. The van der Waals surface area contributed by atoms with Crippen molar-refractivity contribution >= 4 is 29.7 Å². The highest BCUT2D eigenvalue weighted by Gasteiger charge is 2.12. The minimum Gasteiger partial charge on any atom is -0.481 e. The maximum Gasteiger partial charge on any atom is 0.372 e. The fourth-order valence-corrected chi connectivity index (χ4v) is 0.615. The van der Waals surface area contributed by atoms with Crippen molar-refractivity contribution in [3.8, 4) is 0 Å². The van der Waals surface area contributed by atoms with Crippen molar-refractivity contribution in [2.75, 3.05) is 13.6 Å². The summed E-state index contributed by atoms with van der Waals surface area (Å²) in [6.45, 7) is -0.227. The van der Waals surface area contributed by atoms with Gasteiger partial charge in [-0.3, -0.25) is 19.8 Å². The molecule has 0 saturated heterocycles. The van der Waals surface area contributed by atoms with Gasteiger partial charge in [0.15, 0.2) is 5.96 Å². The summed E-state index contributed by atoms with van der Waals surface area (Å²) in [7, 11) is 1.44. The van der Waals surface area contributed by atoms with E-state index in [1.807, 2.05) is 0 Å². The van der Waals surface area contributed by atoms with Crippen LogP contribution < -0.4 is 5.73 Å². The fourth-order valence-electron chi connectivity index (χ4n) is 0.615. The van der Waals surface area contributed by atoms with E-state index < -0.39 is 36.5 Å². The molecule has 0 rings (SSSR count). The van der Waals surface area contributed by atoms with E-state index in [4.69, 9.17) is 26.5 Å². The number of carboxylic acid groups (broad SMARTS) is 3. The number of rotatable bonds is 6.